The highest BCUT2D eigenvalue weighted by Crippen LogP contribution is 2.07. The minimum Gasteiger partial charge on any atom is -0.461 e. The molecule has 18 heavy (non-hydrogen) atoms. The summed E-state index contributed by atoms with van der Waals surface area (Å²) in [6.07, 6.45) is 1.55. The summed E-state index contributed by atoms with van der Waals surface area (Å²) in [5.41, 5.74) is 0. The van der Waals surface area contributed by atoms with Gasteiger partial charge in [-0.05, 0) is 18.1 Å². The van der Waals surface area contributed by atoms with Crippen LogP contribution >= 0.6 is 0 Å². The van der Waals surface area contributed by atoms with Gasteiger partial charge in [0.2, 0.25) is 5.78 Å². The van der Waals surface area contributed by atoms with E-state index in [2.05, 4.69) is 23.6 Å². The molecule has 1 aromatic heterocycles. The summed E-state index contributed by atoms with van der Waals surface area (Å²) >= 11 is 0. The summed E-state index contributed by atoms with van der Waals surface area (Å²) in [6, 6.07) is 3.49. The second kappa shape index (κ2) is 6.16. The molecule has 0 amide bonds. The Morgan fingerprint density at radius 2 is 1.94 bits per heavy atom. The van der Waals surface area contributed by atoms with Gasteiger partial charge in [0.05, 0.1) is 12.8 Å². The van der Waals surface area contributed by atoms with Crippen molar-refractivity contribution in [1.29, 1.82) is 0 Å². The van der Waals surface area contributed by atoms with Crippen LogP contribution in [0.4, 0.5) is 0 Å². The van der Waals surface area contributed by atoms with Crippen LogP contribution in [0.15, 0.2) is 22.8 Å². The second-order valence-corrected chi connectivity index (χ2v) is 5.37. The maximum Gasteiger partial charge on any atom is 0.211 e. The van der Waals surface area contributed by atoms with Gasteiger partial charge in [-0.1, -0.05) is 13.8 Å². The molecule has 1 aliphatic rings. The topological polar surface area (TPSA) is 36.7 Å². The van der Waals surface area contributed by atoms with Crippen LogP contribution in [0, 0.1) is 5.92 Å². The molecule has 2 heterocycles. The Balaban J connectivity index is 1.75. The van der Waals surface area contributed by atoms with Gasteiger partial charge in [0.25, 0.3) is 0 Å². The molecule has 0 saturated carbocycles. The van der Waals surface area contributed by atoms with Crippen molar-refractivity contribution >= 4 is 5.78 Å². The van der Waals surface area contributed by atoms with Gasteiger partial charge in [0.1, 0.15) is 0 Å². The van der Waals surface area contributed by atoms with E-state index < -0.39 is 0 Å². The third kappa shape index (κ3) is 3.68. The van der Waals surface area contributed by atoms with Gasteiger partial charge in [0.15, 0.2) is 5.76 Å². The molecule has 0 aromatic carbocycles. The van der Waals surface area contributed by atoms with E-state index in [1.165, 1.54) is 0 Å². The summed E-state index contributed by atoms with van der Waals surface area (Å²) in [5, 5.41) is 0. The van der Waals surface area contributed by atoms with E-state index in [0.29, 0.717) is 18.2 Å². The van der Waals surface area contributed by atoms with E-state index in [1.807, 2.05) is 0 Å². The van der Waals surface area contributed by atoms with Crippen LogP contribution in [0.5, 0.6) is 0 Å². The van der Waals surface area contributed by atoms with Crippen LogP contribution in [0.2, 0.25) is 0 Å². The van der Waals surface area contributed by atoms with Crippen molar-refractivity contribution in [2.45, 2.75) is 13.8 Å². The zero-order valence-corrected chi connectivity index (χ0v) is 11.3. The first kappa shape index (κ1) is 13.3. The zero-order chi connectivity index (χ0) is 13.0. The molecule has 1 aliphatic heterocycles. The fourth-order valence-corrected chi connectivity index (χ4v) is 2.36. The number of rotatable bonds is 5. The Bertz CT molecular complexity index is 365. The fraction of sp³-hybridized carbons (Fsp3) is 0.643. The van der Waals surface area contributed by atoms with Gasteiger partial charge in [-0.3, -0.25) is 9.69 Å². The van der Waals surface area contributed by atoms with Crippen LogP contribution in [0.1, 0.15) is 24.4 Å². The van der Waals surface area contributed by atoms with Crippen LogP contribution < -0.4 is 0 Å². The largest absolute Gasteiger partial charge is 0.461 e. The average molecular weight is 250 g/mol. The lowest BCUT2D eigenvalue weighted by atomic mass is 10.2. The molecule has 100 valence electrons. The minimum atomic E-state index is 0.0808. The molecular weight excluding hydrogens is 228 g/mol. The van der Waals surface area contributed by atoms with Crippen LogP contribution in [-0.4, -0.2) is 54.9 Å². The third-order valence-electron chi connectivity index (χ3n) is 3.25. The van der Waals surface area contributed by atoms with E-state index in [1.54, 1.807) is 18.4 Å². The first-order valence-electron chi connectivity index (χ1n) is 6.66. The SMILES string of the molecule is CC(C)CN1CCN(CC(=O)c2ccco2)CC1. The normalized spacial score (nSPS) is 18.4. The Kier molecular flexibility index (Phi) is 4.55. The summed E-state index contributed by atoms with van der Waals surface area (Å²) in [5.74, 6) is 1.26. The third-order valence-corrected chi connectivity index (χ3v) is 3.25. The fourth-order valence-electron chi connectivity index (χ4n) is 2.36. The summed E-state index contributed by atoms with van der Waals surface area (Å²) in [6.45, 7) is 10.2. The molecule has 0 spiro atoms. The number of carbonyl (C=O) groups is 1. The first-order chi connectivity index (χ1) is 8.65. The minimum absolute atomic E-state index is 0.0808. The van der Waals surface area contributed by atoms with Gasteiger partial charge < -0.3 is 9.32 Å². The molecule has 1 saturated heterocycles. The molecule has 0 unspecified atom stereocenters. The van der Waals surface area contributed by atoms with Crippen molar-refractivity contribution in [3.05, 3.63) is 24.2 Å². The van der Waals surface area contributed by atoms with Crippen molar-refractivity contribution in [2.75, 3.05) is 39.3 Å². The molecule has 2 rings (SSSR count). The molecule has 4 nitrogen and oxygen atoms in total. The summed E-state index contributed by atoms with van der Waals surface area (Å²) < 4.78 is 5.12. The maximum atomic E-state index is 11.9. The molecule has 0 atom stereocenters. The number of ketones is 1. The Hall–Kier alpha value is -1.13. The van der Waals surface area contributed by atoms with Crippen molar-refractivity contribution in [3.63, 3.8) is 0 Å². The Morgan fingerprint density at radius 1 is 1.28 bits per heavy atom. The number of nitrogens with zero attached hydrogens (tertiary/aromatic N) is 2. The standard InChI is InChI=1S/C14H22N2O2/c1-12(2)10-15-5-7-16(8-6-15)11-13(17)14-4-3-9-18-14/h3-4,9,12H,5-8,10-11H2,1-2H3. The van der Waals surface area contributed by atoms with Crippen molar-refractivity contribution < 1.29 is 9.21 Å². The van der Waals surface area contributed by atoms with Gasteiger partial charge in [-0.2, -0.15) is 0 Å². The quantitative estimate of drug-likeness (QED) is 0.746. The van der Waals surface area contributed by atoms with E-state index >= 15 is 0 Å². The van der Waals surface area contributed by atoms with Crippen LogP contribution in [0.25, 0.3) is 0 Å². The number of hydrogen-bond acceptors (Lipinski definition) is 4. The molecule has 0 bridgehead atoms. The predicted molar refractivity (Wildman–Crippen MR) is 70.8 cm³/mol. The zero-order valence-electron chi connectivity index (χ0n) is 11.3. The molecule has 0 N–H and O–H groups in total. The lowest BCUT2D eigenvalue weighted by molar-refractivity contribution is 0.0813. The maximum absolute atomic E-state index is 11.9. The van der Waals surface area contributed by atoms with Crippen molar-refractivity contribution in [2.24, 2.45) is 5.92 Å². The molecule has 4 heteroatoms. The highest BCUT2D eigenvalue weighted by molar-refractivity contribution is 5.94. The van der Waals surface area contributed by atoms with Gasteiger partial charge in [-0.25, -0.2) is 0 Å². The van der Waals surface area contributed by atoms with Crippen LogP contribution in [-0.2, 0) is 0 Å². The van der Waals surface area contributed by atoms with Crippen molar-refractivity contribution in [3.8, 4) is 0 Å². The number of Topliss-reactive ketones (excluding diaryl/α,β-unsaturated/α-hetero) is 1. The summed E-state index contributed by atoms with van der Waals surface area (Å²) in [7, 11) is 0. The molecular formula is C14H22N2O2. The molecule has 0 aliphatic carbocycles. The average Bonchev–Trinajstić information content (AvgIpc) is 2.84. The van der Waals surface area contributed by atoms with Gasteiger partial charge in [-0.15, -0.1) is 0 Å². The Labute approximate surface area is 109 Å². The van der Waals surface area contributed by atoms with E-state index in [0.717, 1.165) is 32.7 Å². The lowest BCUT2D eigenvalue weighted by Crippen LogP contribution is -2.48. The monoisotopic (exact) mass is 250 g/mol. The molecule has 0 radical (unpaired) electrons. The second-order valence-electron chi connectivity index (χ2n) is 5.37. The van der Waals surface area contributed by atoms with Crippen molar-refractivity contribution in [1.82, 2.24) is 9.80 Å². The van der Waals surface area contributed by atoms with E-state index in [4.69, 9.17) is 4.42 Å². The van der Waals surface area contributed by atoms with Gasteiger partial charge in [0, 0.05) is 32.7 Å². The number of carbonyl (C=O) groups excluding carboxylic acids is 1. The molecule has 1 fully saturated rings. The summed E-state index contributed by atoms with van der Waals surface area (Å²) in [4.78, 5) is 16.6. The number of hydrogen-bond donors (Lipinski definition) is 0. The van der Waals surface area contributed by atoms with E-state index in [-0.39, 0.29) is 5.78 Å². The predicted octanol–water partition coefficient (Wildman–Crippen LogP) is 1.74. The number of piperazine rings is 1. The number of furan rings is 1. The lowest BCUT2D eigenvalue weighted by Gasteiger charge is -2.34. The van der Waals surface area contributed by atoms with Crippen LogP contribution in [0.3, 0.4) is 0 Å². The Morgan fingerprint density at radius 3 is 2.50 bits per heavy atom. The smallest absolute Gasteiger partial charge is 0.211 e. The van der Waals surface area contributed by atoms with Gasteiger partial charge >= 0.3 is 0 Å². The molecule has 1 aromatic rings. The highest BCUT2D eigenvalue weighted by Gasteiger charge is 2.20. The van der Waals surface area contributed by atoms with E-state index in [9.17, 15) is 4.79 Å². The first-order valence-corrected chi connectivity index (χ1v) is 6.66. The highest BCUT2D eigenvalue weighted by atomic mass is 16.3.